The van der Waals surface area contributed by atoms with Gasteiger partial charge in [-0.1, -0.05) is 26.7 Å². The van der Waals surface area contributed by atoms with Crippen LogP contribution in [0, 0.1) is 11.5 Å². The molecule has 0 aliphatic rings. The quantitative estimate of drug-likeness (QED) is 0.256. The van der Waals surface area contributed by atoms with Crippen LogP contribution in [-0.4, -0.2) is 78.6 Å². The minimum atomic E-state index is -1.61. The second kappa shape index (κ2) is 17.3. The molecule has 0 spiro atoms. The maximum absolute atomic E-state index is 7.43. The molecule has 0 aliphatic carbocycles. The summed E-state index contributed by atoms with van der Waals surface area (Å²) in [6, 6.07) is 1.28. The van der Waals surface area contributed by atoms with E-state index in [-0.39, 0.29) is 0 Å². The van der Waals surface area contributed by atoms with Crippen LogP contribution in [0.5, 0.6) is 0 Å². The lowest BCUT2D eigenvalue weighted by molar-refractivity contribution is 0.284. The Labute approximate surface area is 169 Å². The normalized spacial score (nSPS) is 11.4. The number of unbranched alkanes of at least 4 members (excludes halogenated alkanes) is 2. The van der Waals surface area contributed by atoms with Crippen LogP contribution in [0.25, 0.3) is 5.41 Å². The Morgan fingerprint density at radius 3 is 1.37 bits per heavy atom. The molecule has 7 nitrogen and oxygen atoms in total. The molecule has 0 saturated carbocycles. The SMILES string of the molecule is CCCCN(CCCC)[P+](N(C)CC)(N(C)CC)N(C)CC.N#CN=C=[N-]. The van der Waals surface area contributed by atoms with Crippen LogP contribution in [-0.2, 0) is 0 Å². The molecule has 0 aromatic heterocycles. The second-order valence-corrected chi connectivity index (χ2v) is 10.1. The van der Waals surface area contributed by atoms with Crippen LogP contribution >= 0.6 is 7.87 Å². The van der Waals surface area contributed by atoms with E-state index in [1.165, 1.54) is 51.0 Å². The van der Waals surface area contributed by atoms with Gasteiger partial charge in [-0.3, -0.25) is 0 Å². The number of hydrogen-bond donors (Lipinski definition) is 0. The Kier molecular flexibility index (Phi) is 18.1. The second-order valence-electron chi connectivity index (χ2n) is 6.43. The van der Waals surface area contributed by atoms with E-state index in [2.05, 4.69) is 79.4 Å². The molecule has 8 heteroatoms. The van der Waals surface area contributed by atoms with Gasteiger partial charge in [0.15, 0.2) is 0 Å². The summed E-state index contributed by atoms with van der Waals surface area (Å²) in [6.45, 7) is 17.2. The summed E-state index contributed by atoms with van der Waals surface area (Å²) >= 11 is 0. The number of rotatable bonds is 13. The number of nitriles is 1. The molecule has 158 valence electrons. The molecule has 0 rings (SSSR count). The van der Waals surface area contributed by atoms with E-state index in [4.69, 9.17) is 10.7 Å². The maximum Gasteiger partial charge on any atom is 0.307 e. The van der Waals surface area contributed by atoms with Gasteiger partial charge in [0.25, 0.3) is 0 Å². The topological polar surface area (TPSA) is 71.4 Å². The van der Waals surface area contributed by atoms with E-state index in [1.54, 1.807) is 0 Å². The van der Waals surface area contributed by atoms with Gasteiger partial charge in [-0.15, -0.1) is 24.7 Å². The lowest BCUT2D eigenvalue weighted by Gasteiger charge is -2.48. The smallest absolute Gasteiger partial charge is 0.307 e. The third kappa shape index (κ3) is 8.79. The fourth-order valence-corrected chi connectivity index (χ4v) is 7.90. The standard InChI is InChI=1S/C17H42N4P.C2N3/c1-9-14-16-21(17-15-10-2)22(18(6)11-3,19(7)12-4)20(8)13-5;3-1-5-2-4/h9-17H2,1-8H3;/q+1;-1. The van der Waals surface area contributed by atoms with Crippen molar-refractivity contribution in [1.29, 1.82) is 5.26 Å². The summed E-state index contributed by atoms with van der Waals surface area (Å²) in [6.07, 6.45) is 6.40. The summed E-state index contributed by atoms with van der Waals surface area (Å²) in [4.78, 5) is 2.58. The zero-order valence-electron chi connectivity index (χ0n) is 18.9. The van der Waals surface area contributed by atoms with Gasteiger partial charge in [0.1, 0.15) is 0 Å². The zero-order chi connectivity index (χ0) is 21.3. The largest absolute Gasteiger partial charge is 0.422 e. The van der Waals surface area contributed by atoms with E-state index in [0.29, 0.717) is 0 Å². The highest BCUT2D eigenvalue weighted by Gasteiger charge is 2.56. The predicted octanol–water partition coefficient (Wildman–Crippen LogP) is 4.63. The first-order chi connectivity index (χ1) is 12.9. The van der Waals surface area contributed by atoms with Crippen LogP contribution in [0.1, 0.15) is 60.3 Å². The van der Waals surface area contributed by atoms with E-state index in [0.717, 1.165) is 19.6 Å². The zero-order valence-corrected chi connectivity index (χ0v) is 19.8. The molecular formula is C19H42N7P. The highest BCUT2D eigenvalue weighted by atomic mass is 31.2. The molecule has 0 unspecified atom stereocenters. The van der Waals surface area contributed by atoms with Crippen molar-refractivity contribution in [2.24, 2.45) is 4.99 Å². The molecule has 0 aliphatic heterocycles. The van der Waals surface area contributed by atoms with Gasteiger partial charge < -0.3 is 10.4 Å². The minimum Gasteiger partial charge on any atom is -0.422 e. The van der Waals surface area contributed by atoms with Crippen LogP contribution < -0.4 is 0 Å². The third-order valence-corrected chi connectivity index (χ3v) is 9.52. The van der Waals surface area contributed by atoms with Crippen molar-refractivity contribution in [3.8, 4) is 6.19 Å². The van der Waals surface area contributed by atoms with Crippen molar-refractivity contribution < 1.29 is 0 Å². The lowest BCUT2D eigenvalue weighted by Crippen LogP contribution is -2.50. The van der Waals surface area contributed by atoms with Gasteiger partial charge in [0.2, 0.25) is 0 Å². The number of nitrogens with zero attached hydrogens (tertiary/aromatic N) is 7. The molecule has 0 fully saturated rings. The molecular weight excluding hydrogens is 357 g/mol. The van der Waals surface area contributed by atoms with Gasteiger partial charge in [-0.25, -0.2) is 0 Å². The van der Waals surface area contributed by atoms with Crippen molar-refractivity contribution in [2.45, 2.75) is 60.3 Å². The van der Waals surface area contributed by atoms with Crippen molar-refractivity contribution in [3.05, 3.63) is 5.41 Å². The predicted molar refractivity (Wildman–Crippen MR) is 120 cm³/mol. The van der Waals surface area contributed by atoms with Gasteiger partial charge >= 0.3 is 7.87 Å². The van der Waals surface area contributed by atoms with Gasteiger partial charge in [0.05, 0.1) is 6.19 Å². The molecule has 27 heavy (non-hydrogen) atoms. The molecule has 0 N–H and O–H groups in total. The number of hydrogen-bond acceptors (Lipinski definition) is 6. The van der Waals surface area contributed by atoms with Crippen LogP contribution in [0.3, 0.4) is 0 Å². The highest BCUT2D eigenvalue weighted by Crippen LogP contribution is 2.68. The average Bonchev–Trinajstić information content (AvgIpc) is 2.69. The monoisotopic (exact) mass is 399 g/mol. The summed E-state index contributed by atoms with van der Waals surface area (Å²) in [5, 5.41) is 14.9. The molecule has 0 atom stereocenters. The summed E-state index contributed by atoms with van der Waals surface area (Å²) < 4.78 is 10.7. The summed E-state index contributed by atoms with van der Waals surface area (Å²) in [5.41, 5.74) is 0. The summed E-state index contributed by atoms with van der Waals surface area (Å²) in [7, 11) is 5.34. The van der Waals surface area contributed by atoms with Gasteiger partial charge in [0, 0.05) is 53.9 Å². The van der Waals surface area contributed by atoms with Crippen molar-refractivity contribution >= 4 is 13.9 Å². The molecule has 0 aromatic carbocycles. The molecule has 0 aromatic rings. The molecule has 0 radical (unpaired) electrons. The Morgan fingerprint density at radius 1 is 0.815 bits per heavy atom. The molecule has 0 heterocycles. The Balaban J connectivity index is 0. The van der Waals surface area contributed by atoms with Crippen molar-refractivity contribution in [2.75, 3.05) is 53.9 Å². The fraction of sp³-hybridized carbons (Fsp3) is 0.895. The first-order valence-corrected chi connectivity index (χ1v) is 11.8. The Morgan fingerprint density at radius 2 is 1.19 bits per heavy atom. The van der Waals surface area contributed by atoms with E-state index in [1.807, 2.05) is 0 Å². The van der Waals surface area contributed by atoms with Crippen LogP contribution in [0.2, 0.25) is 0 Å². The van der Waals surface area contributed by atoms with E-state index < -0.39 is 7.87 Å². The van der Waals surface area contributed by atoms with Gasteiger partial charge in [-0.05, 0) is 33.6 Å². The summed E-state index contributed by atoms with van der Waals surface area (Å²) in [5.74, 6) is 0. The van der Waals surface area contributed by atoms with E-state index in [9.17, 15) is 0 Å². The fourth-order valence-electron chi connectivity index (χ4n) is 3.08. The first-order valence-electron chi connectivity index (χ1n) is 10.2. The lowest BCUT2D eigenvalue weighted by atomic mass is 10.3. The molecule has 0 bridgehead atoms. The van der Waals surface area contributed by atoms with E-state index >= 15 is 0 Å². The number of aliphatic imine (C=N–C) groups is 1. The minimum absolute atomic E-state index is 1.09. The van der Waals surface area contributed by atoms with Crippen molar-refractivity contribution in [1.82, 2.24) is 18.7 Å². The Hall–Kier alpha value is -0.860. The average molecular weight is 400 g/mol. The van der Waals surface area contributed by atoms with Crippen LogP contribution in [0.15, 0.2) is 4.99 Å². The van der Waals surface area contributed by atoms with Gasteiger partial charge in [-0.2, -0.15) is 5.26 Å². The maximum atomic E-state index is 7.43. The first kappa shape index (κ1) is 28.4. The third-order valence-electron chi connectivity index (χ3n) is 4.77. The van der Waals surface area contributed by atoms with Crippen LogP contribution in [0.4, 0.5) is 0 Å². The van der Waals surface area contributed by atoms with Crippen molar-refractivity contribution in [3.63, 3.8) is 0 Å². The highest BCUT2D eigenvalue weighted by molar-refractivity contribution is 7.66. The molecule has 0 saturated heterocycles. The molecule has 0 amide bonds. The Bertz CT molecular complexity index is 411.